The highest BCUT2D eigenvalue weighted by Crippen LogP contribution is 2.24. The van der Waals surface area contributed by atoms with Crippen molar-refractivity contribution < 1.29 is 0 Å². The fourth-order valence-electron chi connectivity index (χ4n) is 1.05. The SMILES string of the molecule is NCc1[nH]c(-c2cccs2)nc1Br. The number of H-pyrrole nitrogens is 1. The summed E-state index contributed by atoms with van der Waals surface area (Å²) in [5.74, 6) is 0.877. The van der Waals surface area contributed by atoms with Crippen molar-refractivity contribution >= 4 is 27.3 Å². The van der Waals surface area contributed by atoms with Crippen LogP contribution in [0.25, 0.3) is 10.7 Å². The molecule has 13 heavy (non-hydrogen) atoms. The number of rotatable bonds is 2. The Morgan fingerprint density at radius 1 is 1.62 bits per heavy atom. The summed E-state index contributed by atoms with van der Waals surface area (Å²) >= 11 is 5.00. The summed E-state index contributed by atoms with van der Waals surface area (Å²) in [6.07, 6.45) is 0. The molecule has 2 heterocycles. The van der Waals surface area contributed by atoms with Crippen LogP contribution in [0, 0.1) is 0 Å². The lowest BCUT2D eigenvalue weighted by Gasteiger charge is -1.88. The van der Waals surface area contributed by atoms with Crippen LogP contribution in [-0.2, 0) is 6.54 Å². The van der Waals surface area contributed by atoms with E-state index in [4.69, 9.17) is 5.73 Å². The molecule has 68 valence electrons. The molecule has 0 bridgehead atoms. The van der Waals surface area contributed by atoms with Crippen molar-refractivity contribution in [3.63, 3.8) is 0 Å². The Balaban J connectivity index is 2.43. The van der Waals surface area contributed by atoms with E-state index in [1.165, 1.54) is 0 Å². The van der Waals surface area contributed by atoms with E-state index in [2.05, 4.69) is 25.9 Å². The van der Waals surface area contributed by atoms with Gasteiger partial charge < -0.3 is 10.7 Å². The first-order chi connectivity index (χ1) is 6.31. The predicted molar refractivity (Wildman–Crippen MR) is 57.5 cm³/mol. The Morgan fingerprint density at radius 3 is 3.00 bits per heavy atom. The largest absolute Gasteiger partial charge is 0.339 e. The summed E-state index contributed by atoms with van der Waals surface area (Å²) in [6.45, 7) is 0.471. The van der Waals surface area contributed by atoms with Gasteiger partial charge in [0.1, 0.15) is 10.4 Å². The number of imidazole rings is 1. The van der Waals surface area contributed by atoms with Gasteiger partial charge in [0.05, 0.1) is 10.6 Å². The number of halogens is 1. The van der Waals surface area contributed by atoms with Gasteiger partial charge in [-0.3, -0.25) is 0 Å². The molecule has 0 saturated heterocycles. The topological polar surface area (TPSA) is 54.7 Å². The highest BCUT2D eigenvalue weighted by Gasteiger charge is 2.07. The number of thiophene rings is 1. The number of aromatic nitrogens is 2. The fraction of sp³-hybridized carbons (Fsp3) is 0.125. The molecule has 0 amide bonds. The number of nitrogens with two attached hydrogens (primary N) is 1. The van der Waals surface area contributed by atoms with Crippen molar-refractivity contribution in [2.75, 3.05) is 0 Å². The molecule has 0 unspecified atom stereocenters. The van der Waals surface area contributed by atoms with Crippen LogP contribution in [0.5, 0.6) is 0 Å². The van der Waals surface area contributed by atoms with E-state index in [-0.39, 0.29) is 0 Å². The van der Waals surface area contributed by atoms with E-state index >= 15 is 0 Å². The zero-order chi connectivity index (χ0) is 9.26. The lowest BCUT2D eigenvalue weighted by Crippen LogP contribution is -1.96. The van der Waals surface area contributed by atoms with Gasteiger partial charge >= 0.3 is 0 Å². The van der Waals surface area contributed by atoms with Gasteiger partial charge in [0, 0.05) is 6.54 Å². The van der Waals surface area contributed by atoms with Crippen LogP contribution < -0.4 is 5.73 Å². The molecule has 0 radical (unpaired) electrons. The average molecular weight is 258 g/mol. The van der Waals surface area contributed by atoms with Gasteiger partial charge in [-0.15, -0.1) is 11.3 Å². The van der Waals surface area contributed by atoms with E-state index in [9.17, 15) is 0 Å². The van der Waals surface area contributed by atoms with Crippen molar-refractivity contribution in [2.24, 2.45) is 5.73 Å². The lowest BCUT2D eigenvalue weighted by atomic mass is 10.4. The third kappa shape index (κ3) is 1.67. The number of hydrogen-bond acceptors (Lipinski definition) is 3. The molecule has 3 N–H and O–H groups in total. The van der Waals surface area contributed by atoms with Gasteiger partial charge in [0.15, 0.2) is 0 Å². The summed E-state index contributed by atoms with van der Waals surface area (Å²) in [5, 5.41) is 2.02. The smallest absolute Gasteiger partial charge is 0.149 e. The van der Waals surface area contributed by atoms with Crippen molar-refractivity contribution in [3.05, 3.63) is 27.8 Å². The van der Waals surface area contributed by atoms with Gasteiger partial charge in [-0.1, -0.05) is 6.07 Å². The Kier molecular flexibility index (Phi) is 2.48. The molecular formula is C8H8BrN3S. The minimum Gasteiger partial charge on any atom is -0.339 e. The van der Waals surface area contributed by atoms with Crippen LogP contribution in [0.1, 0.15) is 5.69 Å². The maximum absolute atomic E-state index is 5.52. The first kappa shape index (κ1) is 8.93. The maximum Gasteiger partial charge on any atom is 0.149 e. The number of aromatic amines is 1. The fourth-order valence-corrected chi connectivity index (χ4v) is 2.16. The first-order valence-corrected chi connectivity index (χ1v) is 5.47. The van der Waals surface area contributed by atoms with Crippen LogP contribution in [0.4, 0.5) is 0 Å². The van der Waals surface area contributed by atoms with Gasteiger partial charge in [-0.25, -0.2) is 4.98 Å². The van der Waals surface area contributed by atoms with E-state index in [0.29, 0.717) is 6.54 Å². The monoisotopic (exact) mass is 257 g/mol. The quantitative estimate of drug-likeness (QED) is 0.868. The second-order valence-electron chi connectivity index (χ2n) is 2.54. The second-order valence-corrected chi connectivity index (χ2v) is 4.24. The summed E-state index contributed by atoms with van der Waals surface area (Å²) in [4.78, 5) is 8.60. The third-order valence-electron chi connectivity index (χ3n) is 1.69. The standard InChI is InChI=1S/C8H8BrN3S/c9-7-5(4-10)11-8(12-7)6-2-1-3-13-6/h1-3H,4,10H2,(H,11,12). The van der Waals surface area contributed by atoms with Crippen LogP contribution in [0.15, 0.2) is 22.1 Å². The molecule has 0 spiro atoms. The van der Waals surface area contributed by atoms with Gasteiger partial charge in [-0.05, 0) is 27.4 Å². The minimum atomic E-state index is 0.471. The second kappa shape index (κ2) is 3.61. The summed E-state index contributed by atoms with van der Waals surface area (Å²) in [7, 11) is 0. The van der Waals surface area contributed by atoms with Gasteiger partial charge in [0.25, 0.3) is 0 Å². The molecule has 0 fully saturated rings. The van der Waals surface area contributed by atoms with Crippen molar-refractivity contribution in [1.29, 1.82) is 0 Å². The molecule has 0 saturated carbocycles. The van der Waals surface area contributed by atoms with Crippen molar-refractivity contribution in [1.82, 2.24) is 9.97 Å². The maximum atomic E-state index is 5.52. The number of hydrogen-bond donors (Lipinski definition) is 2. The molecular weight excluding hydrogens is 250 g/mol. The normalized spacial score (nSPS) is 10.6. The number of nitrogens with one attached hydrogen (secondary N) is 1. The Morgan fingerprint density at radius 2 is 2.46 bits per heavy atom. The summed E-state index contributed by atoms with van der Waals surface area (Å²) in [5.41, 5.74) is 6.45. The van der Waals surface area contributed by atoms with Gasteiger partial charge in [-0.2, -0.15) is 0 Å². The zero-order valence-corrected chi connectivity index (χ0v) is 9.15. The summed E-state index contributed by atoms with van der Waals surface area (Å²) < 4.78 is 0.804. The molecule has 2 rings (SSSR count). The van der Waals surface area contributed by atoms with E-state index < -0.39 is 0 Å². The summed E-state index contributed by atoms with van der Waals surface area (Å²) in [6, 6.07) is 4.02. The molecule has 3 nitrogen and oxygen atoms in total. The van der Waals surface area contributed by atoms with Crippen LogP contribution in [0.2, 0.25) is 0 Å². The van der Waals surface area contributed by atoms with E-state index in [1.807, 2.05) is 17.5 Å². The minimum absolute atomic E-state index is 0.471. The Labute approximate surface area is 88.1 Å². The molecule has 5 heteroatoms. The van der Waals surface area contributed by atoms with Gasteiger partial charge in [0.2, 0.25) is 0 Å². The van der Waals surface area contributed by atoms with Crippen LogP contribution in [0.3, 0.4) is 0 Å². The molecule has 0 aliphatic heterocycles. The Bertz CT molecular complexity index is 393. The Hall–Kier alpha value is -0.650. The molecule has 0 aromatic carbocycles. The van der Waals surface area contributed by atoms with E-state index in [0.717, 1.165) is 21.0 Å². The number of nitrogens with zero attached hydrogens (tertiary/aromatic N) is 1. The molecule has 0 aliphatic carbocycles. The van der Waals surface area contributed by atoms with Crippen LogP contribution in [-0.4, -0.2) is 9.97 Å². The predicted octanol–water partition coefficient (Wildman–Crippen LogP) is 2.36. The molecule has 2 aromatic heterocycles. The first-order valence-electron chi connectivity index (χ1n) is 3.79. The molecule has 2 aromatic rings. The highest BCUT2D eigenvalue weighted by molar-refractivity contribution is 9.10. The van der Waals surface area contributed by atoms with Crippen molar-refractivity contribution in [2.45, 2.75) is 6.54 Å². The third-order valence-corrected chi connectivity index (χ3v) is 3.22. The molecule has 0 aliphatic rings. The van der Waals surface area contributed by atoms with E-state index in [1.54, 1.807) is 11.3 Å². The zero-order valence-electron chi connectivity index (χ0n) is 6.75. The lowest BCUT2D eigenvalue weighted by molar-refractivity contribution is 1.00. The average Bonchev–Trinajstić information content (AvgIpc) is 2.71. The van der Waals surface area contributed by atoms with Crippen molar-refractivity contribution in [3.8, 4) is 10.7 Å². The highest BCUT2D eigenvalue weighted by atomic mass is 79.9. The van der Waals surface area contributed by atoms with Crippen LogP contribution >= 0.6 is 27.3 Å². The molecule has 0 atom stereocenters.